The molecule has 1 aromatic heterocycles. The number of hydrogen-bond donors (Lipinski definition) is 1. The molecule has 1 rings (SSSR count). The Bertz CT molecular complexity index is 410. The molecule has 6 nitrogen and oxygen atoms in total. The Balaban J connectivity index is 0.00000144. The van der Waals surface area contributed by atoms with E-state index in [-0.39, 0.29) is 18.1 Å². The van der Waals surface area contributed by atoms with E-state index in [0.717, 1.165) is 11.4 Å². The van der Waals surface area contributed by atoms with Crippen molar-refractivity contribution >= 4 is 39.5 Å². The lowest BCUT2D eigenvalue weighted by Crippen LogP contribution is -1.93. The van der Waals surface area contributed by atoms with Crippen LogP contribution >= 0.6 is 23.7 Å². The van der Waals surface area contributed by atoms with Gasteiger partial charge >= 0.3 is 10.1 Å². The molecule has 0 aromatic carbocycles. The molecule has 0 aliphatic carbocycles. The first-order valence-electron chi connectivity index (χ1n) is 2.61. The highest BCUT2D eigenvalue weighted by Crippen LogP contribution is 2.24. The first-order chi connectivity index (χ1) is 5.41. The topological polar surface area (TPSA) is 97.5 Å². The highest BCUT2D eigenvalue weighted by molar-refractivity contribution is 7.88. The van der Waals surface area contributed by atoms with Gasteiger partial charge in [-0.05, 0) is 0 Å². The van der Waals surface area contributed by atoms with Crippen LogP contribution in [0.4, 0.5) is 5.69 Å². The van der Waals surface area contributed by atoms with Gasteiger partial charge in [-0.15, -0.1) is 23.7 Å². The van der Waals surface area contributed by atoms with Gasteiger partial charge < -0.3 is 0 Å². The lowest BCUT2D eigenvalue weighted by atomic mass is 10.6. The molecule has 0 atom stereocenters. The van der Waals surface area contributed by atoms with Gasteiger partial charge in [0.05, 0.1) is 10.3 Å². The molecular weight excluding hydrogens is 242 g/mol. The zero-order chi connectivity index (χ0) is 9.35. The molecule has 0 aliphatic rings. The maximum absolute atomic E-state index is 10.4. The summed E-state index contributed by atoms with van der Waals surface area (Å²) in [6, 6.07) is 0.806. The van der Waals surface area contributed by atoms with Gasteiger partial charge in [0, 0.05) is 6.07 Å². The van der Waals surface area contributed by atoms with Crippen molar-refractivity contribution in [3.63, 3.8) is 0 Å². The van der Waals surface area contributed by atoms with Crippen molar-refractivity contribution in [2.45, 2.75) is 4.21 Å². The summed E-state index contributed by atoms with van der Waals surface area (Å²) in [5, 5.41) is 11.1. The summed E-state index contributed by atoms with van der Waals surface area (Å²) >= 11 is 0.605. The molecular formula is C4H4ClNO5S2. The van der Waals surface area contributed by atoms with Gasteiger partial charge in [0.25, 0.3) is 5.69 Å². The summed E-state index contributed by atoms with van der Waals surface area (Å²) in [7, 11) is -4.30. The van der Waals surface area contributed by atoms with Crippen molar-refractivity contribution in [1.29, 1.82) is 0 Å². The molecule has 1 aromatic rings. The third kappa shape index (κ3) is 2.92. The number of nitrogens with zero attached hydrogens (tertiary/aromatic N) is 1. The fourth-order valence-corrected chi connectivity index (χ4v) is 2.02. The number of hydrogen-bond acceptors (Lipinski definition) is 5. The molecule has 9 heteroatoms. The largest absolute Gasteiger partial charge is 0.304 e. The van der Waals surface area contributed by atoms with E-state index in [1.807, 2.05) is 0 Å². The summed E-state index contributed by atoms with van der Waals surface area (Å²) in [5.74, 6) is 0. The fraction of sp³-hybridized carbons (Fsp3) is 0. The van der Waals surface area contributed by atoms with E-state index in [1.54, 1.807) is 0 Å². The summed E-state index contributed by atoms with van der Waals surface area (Å²) in [5.41, 5.74) is -0.340. The Kier molecular flexibility index (Phi) is 3.79. The molecule has 0 spiro atoms. The van der Waals surface area contributed by atoms with Crippen molar-refractivity contribution in [3.8, 4) is 0 Å². The van der Waals surface area contributed by atoms with Crippen LogP contribution in [0.3, 0.4) is 0 Å². The second-order valence-corrected chi connectivity index (χ2v) is 4.42. The second-order valence-electron chi connectivity index (χ2n) is 1.86. The number of halogens is 1. The first kappa shape index (κ1) is 12.3. The SMILES string of the molecule is Cl.O=[N+]([O-])c1csc(S(=O)(=O)O)c1. The second kappa shape index (κ2) is 4.01. The van der Waals surface area contributed by atoms with Crippen molar-refractivity contribution in [2.24, 2.45) is 0 Å². The highest BCUT2D eigenvalue weighted by atomic mass is 35.5. The van der Waals surface area contributed by atoms with Gasteiger partial charge in [-0.25, -0.2) is 0 Å². The molecule has 13 heavy (non-hydrogen) atoms. The smallest absolute Gasteiger partial charge is 0.281 e. The normalized spacial score (nSPS) is 10.5. The summed E-state index contributed by atoms with van der Waals surface area (Å²) < 4.78 is 28.8. The van der Waals surface area contributed by atoms with Gasteiger partial charge in [-0.2, -0.15) is 8.42 Å². The Morgan fingerprint density at radius 1 is 1.54 bits per heavy atom. The predicted molar refractivity (Wildman–Crippen MR) is 48.0 cm³/mol. The Morgan fingerprint density at radius 2 is 2.08 bits per heavy atom. The lowest BCUT2D eigenvalue weighted by Gasteiger charge is -1.85. The molecule has 1 N–H and O–H groups in total. The average molecular weight is 246 g/mol. The average Bonchev–Trinajstić information content (AvgIpc) is 2.30. The predicted octanol–water partition coefficient (Wildman–Crippen LogP) is 1.32. The minimum atomic E-state index is -4.30. The van der Waals surface area contributed by atoms with Crippen LogP contribution in [-0.4, -0.2) is 17.9 Å². The van der Waals surface area contributed by atoms with Crippen LogP contribution in [0.25, 0.3) is 0 Å². The maximum atomic E-state index is 10.4. The molecule has 0 bridgehead atoms. The lowest BCUT2D eigenvalue weighted by molar-refractivity contribution is -0.384. The third-order valence-corrected chi connectivity index (χ3v) is 3.28. The standard InChI is InChI=1S/C4H3NO5S2.ClH/c6-5(7)3-1-4(11-2-3)12(8,9)10;/h1-2H,(H,8,9,10);1H. The van der Waals surface area contributed by atoms with Crippen LogP contribution in [0.1, 0.15) is 0 Å². The summed E-state index contributed by atoms with van der Waals surface area (Å²) in [4.78, 5) is 9.35. The van der Waals surface area contributed by atoms with Crippen LogP contribution in [0.5, 0.6) is 0 Å². The minimum Gasteiger partial charge on any atom is -0.281 e. The Labute approximate surface area is 83.5 Å². The molecule has 74 valence electrons. The molecule has 0 saturated heterocycles. The van der Waals surface area contributed by atoms with E-state index in [9.17, 15) is 18.5 Å². The molecule has 0 amide bonds. The van der Waals surface area contributed by atoms with E-state index in [0.29, 0.717) is 11.3 Å². The zero-order valence-corrected chi connectivity index (χ0v) is 8.36. The number of rotatable bonds is 2. The molecule has 0 unspecified atom stereocenters. The first-order valence-corrected chi connectivity index (χ1v) is 4.93. The summed E-state index contributed by atoms with van der Waals surface area (Å²) in [6.07, 6.45) is 0. The molecule has 0 saturated carbocycles. The molecule has 1 heterocycles. The van der Waals surface area contributed by atoms with E-state index >= 15 is 0 Å². The van der Waals surface area contributed by atoms with E-state index < -0.39 is 19.3 Å². The van der Waals surface area contributed by atoms with Gasteiger partial charge in [0.15, 0.2) is 4.21 Å². The molecule has 0 fully saturated rings. The van der Waals surface area contributed by atoms with E-state index in [2.05, 4.69) is 0 Å². The quantitative estimate of drug-likeness (QED) is 0.481. The molecule has 0 aliphatic heterocycles. The van der Waals surface area contributed by atoms with Crippen molar-refractivity contribution in [3.05, 3.63) is 21.6 Å². The Hall–Kier alpha value is -0.700. The minimum absolute atomic E-state index is 0. The maximum Gasteiger partial charge on any atom is 0.304 e. The number of nitro groups is 1. The number of thiophene rings is 1. The zero-order valence-electron chi connectivity index (χ0n) is 5.91. The molecule has 0 radical (unpaired) electrons. The van der Waals surface area contributed by atoms with Crippen molar-refractivity contribution < 1.29 is 17.9 Å². The van der Waals surface area contributed by atoms with Crippen LogP contribution in [0.2, 0.25) is 0 Å². The van der Waals surface area contributed by atoms with Gasteiger partial charge in [0.1, 0.15) is 0 Å². The third-order valence-electron chi connectivity index (χ3n) is 1.03. The van der Waals surface area contributed by atoms with E-state index in [1.165, 1.54) is 0 Å². The van der Waals surface area contributed by atoms with Crippen LogP contribution in [0.15, 0.2) is 15.7 Å². The van der Waals surface area contributed by atoms with Crippen LogP contribution < -0.4 is 0 Å². The van der Waals surface area contributed by atoms with Gasteiger partial charge in [-0.1, -0.05) is 0 Å². The van der Waals surface area contributed by atoms with E-state index in [4.69, 9.17) is 4.55 Å². The monoisotopic (exact) mass is 245 g/mol. The van der Waals surface area contributed by atoms with Crippen molar-refractivity contribution in [2.75, 3.05) is 0 Å². The summed E-state index contributed by atoms with van der Waals surface area (Å²) in [6.45, 7) is 0. The van der Waals surface area contributed by atoms with Gasteiger partial charge in [-0.3, -0.25) is 14.7 Å². The highest BCUT2D eigenvalue weighted by Gasteiger charge is 2.17. The van der Waals surface area contributed by atoms with Crippen molar-refractivity contribution in [1.82, 2.24) is 0 Å². The fourth-order valence-electron chi connectivity index (χ4n) is 0.538. The Morgan fingerprint density at radius 3 is 2.31 bits per heavy atom. The van der Waals surface area contributed by atoms with Gasteiger partial charge in [0.2, 0.25) is 0 Å². The van der Waals surface area contributed by atoms with Crippen LogP contribution in [-0.2, 0) is 10.1 Å². The van der Waals surface area contributed by atoms with Crippen LogP contribution in [0, 0.1) is 10.1 Å².